The first-order valence-electron chi connectivity index (χ1n) is 12.9. The highest BCUT2D eigenvalue weighted by molar-refractivity contribution is 5.09. The summed E-state index contributed by atoms with van der Waals surface area (Å²) in [6.45, 7) is 12.9. The summed E-state index contributed by atoms with van der Waals surface area (Å²) in [7, 11) is 0. The van der Waals surface area contributed by atoms with Crippen molar-refractivity contribution in [1.82, 2.24) is 0 Å². The Labute approximate surface area is 170 Å². The molecule has 0 N–H and O–H groups in total. The van der Waals surface area contributed by atoms with Gasteiger partial charge in [0.2, 0.25) is 0 Å². The molecule has 4 aliphatic carbocycles. The quantitative estimate of drug-likeness (QED) is 0.453. The first kappa shape index (κ1) is 20.3. The van der Waals surface area contributed by atoms with Gasteiger partial charge in [-0.2, -0.15) is 0 Å². The summed E-state index contributed by atoms with van der Waals surface area (Å²) in [4.78, 5) is 0. The number of hydrogen-bond donors (Lipinski definition) is 0. The largest absolute Gasteiger partial charge is 0.0628 e. The third-order valence-electron chi connectivity index (χ3n) is 10.8. The molecule has 0 amide bonds. The maximum atomic E-state index is 2.75. The Hall–Kier alpha value is 0. The molecule has 0 heterocycles. The molecular weight excluding hydrogens is 324 g/mol. The van der Waals surface area contributed by atoms with Crippen molar-refractivity contribution < 1.29 is 0 Å². The first-order valence-corrected chi connectivity index (χ1v) is 12.9. The zero-order valence-corrected chi connectivity index (χ0v) is 19.2. The Morgan fingerprint density at radius 3 is 2.30 bits per heavy atom. The van der Waals surface area contributed by atoms with Crippen molar-refractivity contribution in [2.75, 3.05) is 0 Å². The van der Waals surface area contributed by atoms with E-state index in [1.807, 2.05) is 0 Å². The summed E-state index contributed by atoms with van der Waals surface area (Å²) in [5.41, 5.74) is 1.39. The molecule has 4 fully saturated rings. The first-order chi connectivity index (χ1) is 12.9. The van der Waals surface area contributed by atoms with Crippen LogP contribution < -0.4 is 0 Å². The van der Waals surface area contributed by atoms with Crippen LogP contribution >= 0.6 is 0 Å². The van der Waals surface area contributed by atoms with E-state index in [0.29, 0.717) is 10.8 Å². The van der Waals surface area contributed by atoms with Crippen LogP contribution in [0.25, 0.3) is 0 Å². The third-order valence-corrected chi connectivity index (χ3v) is 10.8. The summed E-state index contributed by atoms with van der Waals surface area (Å²) < 4.78 is 0. The predicted octanol–water partition coefficient (Wildman–Crippen LogP) is 8.50. The van der Waals surface area contributed by atoms with E-state index in [4.69, 9.17) is 0 Å². The van der Waals surface area contributed by atoms with Crippen LogP contribution in [0.1, 0.15) is 118 Å². The summed E-state index contributed by atoms with van der Waals surface area (Å²) in [5, 5.41) is 0. The fourth-order valence-electron chi connectivity index (χ4n) is 9.32. The molecule has 4 aliphatic rings. The van der Waals surface area contributed by atoms with E-state index in [1.54, 1.807) is 51.4 Å². The van der Waals surface area contributed by atoms with Crippen LogP contribution in [0, 0.1) is 52.3 Å². The van der Waals surface area contributed by atoms with Crippen LogP contribution in [0.15, 0.2) is 0 Å². The van der Waals surface area contributed by atoms with Crippen molar-refractivity contribution in [3.63, 3.8) is 0 Å². The van der Waals surface area contributed by atoms with Gasteiger partial charge in [0.15, 0.2) is 0 Å². The Kier molecular flexibility index (Phi) is 5.77. The highest BCUT2D eigenvalue weighted by atomic mass is 14.6. The van der Waals surface area contributed by atoms with Gasteiger partial charge in [0, 0.05) is 0 Å². The van der Waals surface area contributed by atoms with Gasteiger partial charge in [0.25, 0.3) is 0 Å². The molecule has 0 aromatic rings. The average molecular weight is 373 g/mol. The van der Waals surface area contributed by atoms with Crippen LogP contribution in [0.2, 0.25) is 0 Å². The van der Waals surface area contributed by atoms with Crippen LogP contribution in [0.5, 0.6) is 0 Å². The smallest absolute Gasteiger partial charge is 0.0264 e. The van der Waals surface area contributed by atoms with Crippen molar-refractivity contribution in [3.05, 3.63) is 0 Å². The molecule has 0 radical (unpaired) electrons. The van der Waals surface area contributed by atoms with E-state index >= 15 is 0 Å². The van der Waals surface area contributed by atoms with Crippen LogP contribution in [-0.4, -0.2) is 0 Å². The highest BCUT2D eigenvalue weighted by Crippen LogP contribution is 2.68. The fourth-order valence-corrected chi connectivity index (χ4v) is 9.32. The van der Waals surface area contributed by atoms with E-state index < -0.39 is 0 Å². The van der Waals surface area contributed by atoms with Gasteiger partial charge in [0.05, 0.1) is 0 Å². The van der Waals surface area contributed by atoms with Gasteiger partial charge in [-0.1, -0.05) is 66.7 Å². The third kappa shape index (κ3) is 3.44. The van der Waals surface area contributed by atoms with Gasteiger partial charge in [-0.05, 0) is 104 Å². The molecule has 4 saturated carbocycles. The molecule has 0 aromatic heterocycles. The van der Waals surface area contributed by atoms with Crippen LogP contribution in [-0.2, 0) is 0 Å². The summed E-state index contributed by atoms with van der Waals surface area (Å²) >= 11 is 0. The summed E-state index contributed by atoms with van der Waals surface area (Å²) in [6, 6.07) is 0. The standard InChI is InChI=1S/C27H48/c1-19(2)9-8-10-20(3)23-14-15-24-22-13-12-21-11-6-7-17-26(21,4)25(22)16-18-27(23,24)5/h19-25H,6-18H2,1-5H3/t20-,21-,22-,23-,24+,25-,26+,27-/m1/s1. The normalized spacial score (nSPS) is 48.0. The lowest BCUT2D eigenvalue weighted by Crippen LogP contribution is -2.53. The molecule has 27 heavy (non-hydrogen) atoms. The van der Waals surface area contributed by atoms with Crippen molar-refractivity contribution in [3.8, 4) is 0 Å². The Morgan fingerprint density at radius 2 is 1.52 bits per heavy atom. The molecule has 0 saturated heterocycles. The molecule has 0 nitrogen and oxygen atoms in total. The van der Waals surface area contributed by atoms with Gasteiger partial charge < -0.3 is 0 Å². The maximum absolute atomic E-state index is 2.75. The molecular formula is C27H48. The Bertz CT molecular complexity index is 506. The molecule has 4 rings (SSSR count). The Morgan fingerprint density at radius 1 is 0.741 bits per heavy atom. The van der Waals surface area contributed by atoms with Gasteiger partial charge in [-0.15, -0.1) is 0 Å². The molecule has 156 valence electrons. The van der Waals surface area contributed by atoms with Gasteiger partial charge in [-0.3, -0.25) is 0 Å². The Balaban J connectivity index is 1.46. The average Bonchev–Trinajstić information content (AvgIpc) is 2.98. The van der Waals surface area contributed by atoms with Crippen LogP contribution in [0.4, 0.5) is 0 Å². The minimum absolute atomic E-state index is 0.677. The van der Waals surface area contributed by atoms with Crippen molar-refractivity contribution in [1.29, 1.82) is 0 Å². The van der Waals surface area contributed by atoms with E-state index in [-0.39, 0.29) is 0 Å². The SMILES string of the molecule is CC(C)CCC[C@@H](C)[C@H]1CC[C@H]2[C@H]3CC[C@H]4CCCC[C@]4(C)[C@@H]3CC[C@]12C. The topological polar surface area (TPSA) is 0 Å². The zero-order chi connectivity index (χ0) is 19.2. The maximum Gasteiger partial charge on any atom is -0.0264 e. The van der Waals surface area contributed by atoms with Crippen molar-refractivity contribution in [2.24, 2.45) is 52.3 Å². The minimum atomic E-state index is 0.677. The second kappa shape index (κ2) is 7.68. The number of fused-ring (bicyclic) bond motifs is 5. The molecule has 0 heteroatoms. The van der Waals surface area contributed by atoms with Crippen molar-refractivity contribution in [2.45, 2.75) is 118 Å². The summed E-state index contributed by atoms with van der Waals surface area (Å²) in [5.74, 6) is 7.15. The minimum Gasteiger partial charge on any atom is -0.0628 e. The molecule has 0 unspecified atom stereocenters. The van der Waals surface area contributed by atoms with Gasteiger partial charge in [0.1, 0.15) is 0 Å². The fraction of sp³-hybridized carbons (Fsp3) is 1.00. The van der Waals surface area contributed by atoms with Gasteiger partial charge >= 0.3 is 0 Å². The number of rotatable bonds is 5. The lowest BCUT2D eigenvalue weighted by Gasteiger charge is -2.61. The second-order valence-electron chi connectivity index (χ2n) is 12.4. The van der Waals surface area contributed by atoms with Crippen LogP contribution in [0.3, 0.4) is 0 Å². The lowest BCUT2D eigenvalue weighted by atomic mass is 9.44. The molecule has 8 atom stereocenters. The highest BCUT2D eigenvalue weighted by Gasteiger charge is 2.59. The van der Waals surface area contributed by atoms with E-state index in [0.717, 1.165) is 41.4 Å². The molecule has 0 spiro atoms. The van der Waals surface area contributed by atoms with Crippen molar-refractivity contribution >= 4 is 0 Å². The monoisotopic (exact) mass is 372 g/mol. The van der Waals surface area contributed by atoms with E-state index in [2.05, 4.69) is 34.6 Å². The second-order valence-corrected chi connectivity index (χ2v) is 12.4. The predicted molar refractivity (Wildman–Crippen MR) is 118 cm³/mol. The molecule has 0 aromatic carbocycles. The zero-order valence-electron chi connectivity index (χ0n) is 19.2. The van der Waals surface area contributed by atoms with E-state index in [9.17, 15) is 0 Å². The summed E-state index contributed by atoms with van der Waals surface area (Å²) in [6.07, 6.45) is 19.9. The molecule has 0 bridgehead atoms. The lowest BCUT2D eigenvalue weighted by molar-refractivity contribution is -0.114. The molecule has 0 aliphatic heterocycles. The van der Waals surface area contributed by atoms with Gasteiger partial charge in [-0.25, -0.2) is 0 Å². The van der Waals surface area contributed by atoms with E-state index in [1.165, 1.54) is 32.1 Å². The number of hydrogen-bond acceptors (Lipinski definition) is 0.